The molecule has 0 aliphatic rings. The molecule has 0 radical (unpaired) electrons. The van der Waals surface area contributed by atoms with Crippen LogP contribution in [0.15, 0.2) is 51.8 Å². The predicted molar refractivity (Wildman–Crippen MR) is 86.3 cm³/mol. The Labute approximate surface area is 129 Å². The summed E-state index contributed by atoms with van der Waals surface area (Å²) in [6, 6.07) is 12.9. The average Bonchev–Trinajstić information content (AvgIpc) is 2.44. The quantitative estimate of drug-likeness (QED) is 0.481. The SMILES string of the molecule is CNc1ccc([N+](=O)[O-])cc1CSc1cccc(Br)c1. The molecule has 0 saturated heterocycles. The molecule has 2 aromatic carbocycles. The van der Waals surface area contributed by atoms with E-state index in [4.69, 9.17) is 0 Å². The highest BCUT2D eigenvalue weighted by atomic mass is 79.9. The molecule has 104 valence electrons. The molecule has 6 heteroatoms. The average molecular weight is 353 g/mol. The van der Waals surface area contributed by atoms with Crippen LogP contribution in [0.25, 0.3) is 0 Å². The maximum Gasteiger partial charge on any atom is 0.269 e. The molecule has 0 saturated carbocycles. The maximum atomic E-state index is 10.8. The first-order valence-corrected chi connectivity index (χ1v) is 7.71. The van der Waals surface area contributed by atoms with E-state index in [1.54, 1.807) is 23.9 Å². The molecule has 1 N–H and O–H groups in total. The number of anilines is 1. The molecule has 0 atom stereocenters. The number of thioether (sulfide) groups is 1. The number of nitro groups is 1. The monoisotopic (exact) mass is 352 g/mol. The maximum absolute atomic E-state index is 10.8. The zero-order valence-corrected chi connectivity index (χ0v) is 13.2. The fourth-order valence-electron chi connectivity index (χ4n) is 1.77. The van der Waals surface area contributed by atoms with Crippen LogP contribution in [0.5, 0.6) is 0 Å². The van der Waals surface area contributed by atoms with E-state index < -0.39 is 0 Å². The zero-order valence-electron chi connectivity index (χ0n) is 10.8. The molecule has 0 heterocycles. The predicted octanol–water partition coefficient (Wildman–Crippen LogP) is 4.69. The number of hydrogen-bond acceptors (Lipinski definition) is 4. The lowest BCUT2D eigenvalue weighted by Gasteiger charge is -2.09. The second-order valence-corrected chi connectivity index (χ2v) is 6.06. The Bertz CT molecular complexity index is 634. The van der Waals surface area contributed by atoms with Crippen LogP contribution in [0.4, 0.5) is 11.4 Å². The van der Waals surface area contributed by atoms with Gasteiger partial charge < -0.3 is 5.32 Å². The zero-order chi connectivity index (χ0) is 14.5. The van der Waals surface area contributed by atoms with Gasteiger partial charge in [-0.3, -0.25) is 10.1 Å². The highest BCUT2D eigenvalue weighted by Crippen LogP contribution is 2.30. The lowest BCUT2D eigenvalue weighted by atomic mass is 10.2. The van der Waals surface area contributed by atoms with Crippen LogP contribution in [-0.4, -0.2) is 12.0 Å². The summed E-state index contributed by atoms with van der Waals surface area (Å²) in [5.41, 5.74) is 1.96. The van der Waals surface area contributed by atoms with Crippen LogP contribution in [0, 0.1) is 10.1 Å². The molecule has 2 aromatic rings. The fraction of sp³-hybridized carbons (Fsp3) is 0.143. The lowest BCUT2D eigenvalue weighted by molar-refractivity contribution is -0.384. The van der Waals surface area contributed by atoms with Gasteiger partial charge in [-0.1, -0.05) is 22.0 Å². The van der Waals surface area contributed by atoms with Gasteiger partial charge in [-0.05, 0) is 29.8 Å². The topological polar surface area (TPSA) is 55.2 Å². The minimum Gasteiger partial charge on any atom is -0.388 e. The minimum absolute atomic E-state index is 0.119. The summed E-state index contributed by atoms with van der Waals surface area (Å²) in [5.74, 6) is 0.675. The van der Waals surface area contributed by atoms with Gasteiger partial charge in [-0.2, -0.15) is 0 Å². The third-order valence-corrected chi connectivity index (χ3v) is 4.30. The van der Waals surface area contributed by atoms with Crippen molar-refractivity contribution < 1.29 is 4.92 Å². The first-order chi connectivity index (χ1) is 9.60. The van der Waals surface area contributed by atoms with Gasteiger partial charge in [0.2, 0.25) is 0 Å². The van der Waals surface area contributed by atoms with Gasteiger partial charge in [-0.25, -0.2) is 0 Å². The molecule has 0 fully saturated rings. The van der Waals surface area contributed by atoms with Gasteiger partial charge in [0.15, 0.2) is 0 Å². The summed E-state index contributed by atoms with van der Waals surface area (Å²) in [4.78, 5) is 11.6. The third kappa shape index (κ3) is 3.74. The third-order valence-electron chi connectivity index (χ3n) is 2.76. The Balaban J connectivity index is 2.19. The normalized spacial score (nSPS) is 10.3. The smallest absolute Gasteiger partial charge is 0.269 e. The molecule has 0 unspecified atom stereocenters. The minimum atomic E-state index is -0.368. The number of halogens is 1. The van der Waals surface area contributed by atoms with E-state index in [1.165, 1.54) is 6.07 Å². The van der Waals surface area contributed by atoms with Crippen molar-refractivity contribution in [2.75, 3.05) is 12.4 Å². The van der Waals surface area contributed by atoms with Gasteiger partial charge in [0.1, 0.15) is 0 Å². The Morgan fingerprint density at radius 1 is 1.30 bits per heavy atom. The van der Waals surface area contributed by atoms with E-state index in [-0.39, 0.29) is 10.6 Å². The van der Waals surface area contributed by atoms with Crippen molar-refractivity contribution in [3.05, 3.63) is 62.6 Å². The molecule has 4 nitrogen and oxygen atoms in total. The summed E-state index contributed by atoms with van der Waals surface area (Å²) in [7, 11) is 1.81. The Hall–Kier alpha value is -1.53. The van der Waals surface area contributed by atoms with E-state index in [1.807, 2.05) is 31.3 Å². The van der Waals surface area contributed by atoms with Crippen molar-refractivity contribution in [3.63, 3.8) is 0 Å². The van der Waals surface area contributed by atoms with Crippen molar-refractivity contribution in [1.29, 1.82) is 0 Å². The summed E-state index contributed by atoms with van der Waals surface area (Å²) in [6.07, 6.45) is 0. The van der Waals surface area contributed by atoms with Gasteiger partial charge in [0.25, 0.3) is 5.69 Å². The van der Waals surface area contributed by atoms with Crippen LogP contribution in [0.3, 0.4) is 0 Å². The van der Waals surface area contributed by atoms with E-state index in [0.717, 1.165) is 20.6 Å². The van der Waals surface area contributed by atoms with Crippen LogP contribution in [-0.2, 0) is 5.75 Å². The van der Waals surface area contributed by atoms with Crippen molar-refractivity contribution in [2.24, 2.45) is 0 Å². The number of benzene rings is 2. The van der Waals surface area contributed by atoms with Gasteiger partial charge in [0.05, 0.1) is 4.92 Å². The molecule has 0 aliphatic carbocycles. The lowest BCUT2D eigenvalue weighted by Crippen LogP contribution is -1.96. The van der Waals surface area contributed by atoms with Crippen molar-refractivity contribution >= 4 is 39.1 Å². The van der Waals surface area contributed by atoms with Crippen molar-refractivity contribution in [1.82, 2.24) is 0 Å². The van der Waals surface area contributed by atoms with E-state index in [2.05, 4.69) is 21.2 Å². The summed E-state index contributed by atoms with van der Waals surface area (Å²) < 4.78 is 1.02. The van der Waals surface area contributed by atoms with Crippen molar-refractivity contribution in [2.45, 2.75) is 10.6 Å². The summed E-state index contributed by atoms with van der Waals surface area (Å²) in [6.45, 7) is 0. The van der Waals surface area contributed by atoms with Crippen LogP contribution < -0.4 is 5.32 Å². The molecule has 0 aromatic heterocycles. The largest absolute Gasteiger partial charge is 0.388 e. The standard InChI is InChI=1S/C14H13BrN2O2S/c1-16-14-6-5-12(17(18)19)7-10(14)9-20-13-4-2-3-11(15)8-13/h2-8,16H,9H2,1H3. The number of nitrogens with one attached hydrogen (secondary N) is 1. The van der Waals surface area contributed by atoms with E-state index in [9.17, 15) is 10.1 Å². The van der Waals surface area contributed by atoms with Crippen molar-refractivity contribution in [3.8, 4) is 0 Å². The number of hydrogen-bond donors (Lipinski definition) is 1. The fourth-order valence-corrected chi connectivity index (χ4v) is 3.27. The van der Waals surface area contributed by atoms with Crippen LogP contribution >= 0.6 is 27.7 Å². The van der Waals surface area contributed by atoms with Crippen LogP contribution in [0.1, 0.15) is 5.56 Å². The molecule has 0 bridgehead atoms. The molecular formula is C14H13BrN2O2S. The van der Waals surface area contributed by atoms with E-state index >= 15 is 0 Å². The van der Waals surface area contributed by atoms with Gasteiger partial charge in [-0.15, -0.1) is 11.8 Å². The number of nitro benzene ring substituents is 1. The molecule has 2 rings (SSSR count). The molecule has 0 aliphatic heterocycles. The highest BCUT2D eigenvalue weighted by Gasteiger charge is 2.10. The summed E-state index contributed by atoms with van der Waals surface area (Å²) >= 11 is 5.08. The Kier molecular flexibility index (Phi) is 5.03. The van der Waals surface area contributed by atoms with Crippen LogP contribution in [0.2, 0.25) is 0 Å². The second kappa shape index (κ2) is 6.76. The first-order valence-electron chi connectivity index (χ1n) is 5.93. The molecule has 0 amide bonds. The summed E-state index contributed by atoms with van der Waals surface area (Å²) in [5, 5.41) is 13.9. The highest BCUT2D eigenvalue weighted by molar-refractivity contribution is 9.10. The van der Waals surface area contributed by atoms with E-state index in [0.29, 0.717) is 5.75 Å². The second-order valence-electron chi connectivity index (χ2n) is 4.09. The first kappa shape index (κ1) is 14.9. The number of rotatable bonds is 5. The Morgan fingerprint density at radius 3 is 2.75 bits per heavy atom. The molecular weight excluding hydrogens is 340 g/mol. The van der Waals surface area contributed by atoms with Gasteiger partial charge in [0, 0.05) is 40.0 Å². The molecule has 0 spiro atoms. The van der Waals surface area contributed by atoms with Gasteiger partial charge >= 0.3 is 0 Å². The Morgan fingerprint density at radius 2 is 2.10 bits per heavy atom. The molecule has 20 heavy (non-hydrogen) atoms. The number of nitrogens with zero attached hydrogens (tertiary/aromatic N) is 1. The number of non-ortho nitro benzene ring substituents is 1.